The first-order valence-electron chi connectivity index (χ1n) is 7.37. The van der Waals surface area contributed by atoms with Crippen LogP contribution in [0.25, 0.3) is 0 Å². The van der Waals surface area contributed by atoms with Crippen LogP contribution in [-0.4, -0.2) is 31.1 Å². The molecule has 3 nitrogen and oxygen atoms in total. The molecule has 2 atom stereocenters. The third kappa shape index (κ3) is 3.95. The van der Waals surface area contributed by atoms with Crippen LogP contribution < -0.4 is 10.5 Å². The normalized spacial score (nSPS) is 24.4. The van der Waals surface area contributed by atoms with Crippen LogP contribution in [-0.2, 0) is 6.54 Å². The van der Waals surface area contributed by atoms with Crippen molar-refractivity contribution >= 4 is 0 Å². The number of nitrogens with zero attached hydrogens (tertiary/aromatic N) is 1. The maximum absolute atomic E-state index is 5.86. The summed E-state index contributed by atoms with van der Waals surface area (Å²) in [4.78, 5) is 2.52. The molecule has 1 heterocycles. The summed E-state index contributed by atoms with van der Waals surface area (Å²) in [5.41, 5.74) is 7.21. The van der Waals surface area contributed by atoms with Crippen LogP contribution >= 0.6 is 0 Å². The molecule has 19 heavy (non-hydrogen) atoms. The van der Waals surface area contributed by atoms with Crippen molar-refractivity contribution in [2.24, 2.45) is 17.6 Å². The molecule has 0 amide bonds. The van der Waals surface area contributed by atoms with Gasteiger partial charge in [-0.3, -0.25) is 4.90 Å². The van der Waals surface area contributed by atoms with Gasteiger partial charge in [0.1, 0.15) is 5.75 Å². The number of benzene rings is 1. The molecule has 0 saturated carbocycles. The summed E-state index contributed by atoms with van der Waals surface area (Å²) in [7, 11) is 0. The molecule has 0 bridgehead atoms. The second-order valence-electron chi connectivity index (χ2n) is 5.57. The largest absolute Gasteiger partial charge is 0.494 e. The zero-order valence-electron chi connectivity index (χ0n) is 12.1. The lowest BCUT2D eigenvalue weighted by Crippen LogP contribution is -2.42. The van der Waals surface area contributed by atoms with Crippen molar-refractivity contribution in [1.82, 2.24) is 4.90 Å². The molecule has 2 N–H and O–H groups in total. The monoisotopic (exact) mass is 262 g/mol. The Balaban J connectivity index is 1.90. The van der Waals surface area contributed by atoms with E-state index in [1.54, 1.807) is 0 Å². The molecule has 1 aromatic rings. The van der Waals surface area contributed by atoms with Crippen LogP contribution in [0.3, 0.4) is 0 Å². The van der Waals surface area contributed by atoms with Crippen molar-refractivity contribution in [3.05, 3.63) is 29.8 Å². The quantitative estimate of drug-likeness (QED) is 0.886. The Morgan fingerprint density at radius 1 is 1.32 bits per heavy atom. The van der Waals surface area contributed by atoms with E-state index in [1.807, 2.05) is 6.92 Å². The predicted octanol–water partition coefficient (Wildman–Crippen LogP) is 2.50. The van der Waals surface area contributed by atoms with Gasteiger partial charge in [-0.2, -0.15) is 0 Å². The smallest absolute Gasteiger partial charge is 0.119 e. The molecule has 0 aliphatic carbocycles. The Hall–Kier alpha value is -1.06. The molecule has 106 valence electrons. The second-order valence-corrected chi connectivity index (χ2v) is 5.57. The molecule has 1 fully saturated rings. The summed E-state index contributed by atoms with van der Waals surface area (Å²) in [5, 5.41) is 0. The summed E-state index contributed by atoms with van der Waals surface area (Å²) in [6, 6.07) is 8.46. The summed E-state index contributed by atoms with van der Waals surface area (Å²) < 4.78 is 5.47. The number of nitrogens with two attached hydrogens (primary N) is 1. The lowest BCUT2D eigenvalue weighted by molar-refractivity contribution is 0.126. The van der Waals surface area contributed by atoms with Crippen molar-refractivity contribution in [3.63, 3.8) is 0 Å². The Labute approximate surface area is 116 Å². The van der Waals surface area contributed by atoms with Gasteiger partial charge >= 0.3 is 0 Å². The SMILES string of the molecule is CCOc1ccc(CN2CCC(C)C(CN)C2)cc1. The average Bonchev–Trinajstić information content (AvgIpc) is 2.43. The number of rotatable bonds is 5. The van der Waals surface area contributed by atoms with Crippen molar-refractivity contribution < 1.29 is 4.74 Å². The Morgan fingerprint density at radius 2 is 2.05 bits per heavy atom. The summed E-state index contributed by atoms with van der Waals surface area (Å²) >= 11 is 0. The Kier molecular flexibility index (Phi) is 5.23. The Morgan fingerprint density at radius 3 is 2.68 bits per heavy atom. The average molecular weight is 262 g/mol. The fraction of sp³-hybridized carbons (Fsp3) is 0.625. The molecule has 3 heteroatoms. The van der Waals surface area contributed by atoms with Gasteiger partial charge in [0.15, 0.2) is 0 Å². The summed E-state index contributed by atoms with van der Waals surface area (Å²) in [5.74, 6) is 2.37. The minimum atomic E-state index is 0.649. The third-order valence-electron chi connectivity index (χ3n) is 4.14. The first kappa shape index (κ1) is 14.4. The minimum Gasteiger partial charge on any atom is -0.494 e. The fourth-order valence-electron chi connectivity index (χ4n) is 2.79. The van der Waals surface area contributed by atoms with E-state index in [1.165, 1.54) is 18.5 Å². The van der Waals surface area contributed by atoms with E-state index < -0.39 is 0 Å². The molecule has 0 spiro atoms. The van der Waals surface area contributed by atoms with E-state index in [0.717, 1.165) is 37.9 Å². The first-order chi connectivity index (χ1) is 9.22. The number of likely N-dealkylation sites (tertiary alicyclic amines) is 1. The van der Waals surface area contributed by atoms with Crippen molar-refractivity contribution in [1.29, 1.82) is 0 Å². The molecule has 0 radical (unpaired) electrons. The van der Waals surface area contributed by atoms with Gasteiger partial charge in [0.2, 0.25) is 0 Å². The van der Waals surface area contributed by atoms with Crippen molar-refractivity contribution in [2.75, 3.05) is 26.2 Å². The standard InChI is InChI=1S/C16H26N2O/c1-3-19-16-6-4-14(5-7-16)11-18-9-8-13(2)15(10-17)12-18/h4-7,13,15H,3,8-12,17H2,1-2H3. The lowest BCUT2D eigenvalue weighted by Gasteiger charge is -2.36. The molecule has 1 aliphatic heterocycles. The van der Waals surface area contributed by atoms with Gasteiger partial charge in [0.25, 0.3) is 0 Å². The minimum absolute atomic E-state index is 0.649. The highest BCUT2D eigenvalue weighted by Crippen LogP contribution is 2.24. The van der Waals surface area contributed by atoms with Gasteiger partial charge in [-0.1, -0.05) is 19.1 Å². The van der Waals surface area contributed by atoms with Crippen LogP contribution in [0.2, 0.25) is 0 Å². The third-order valence-corrected chi connectivity index (χ3v) is 4.14. The highest BCUT2D eigenvalue weighted by Gasteiger charge is 2.24. The van der Waals surface area contributed by atoms with Crippen molar-refractivity contribution in [2.45, 2.75) is 26.8 Å². The van der Waals surface area contributed by atoms with Gasteiger partial charge in [0, 0.05) is 13.1 Å². The van der Waals surface area contributed by atoms with Gasteiger partial charge < -0.3 is 10.5 Å². The van der Waals surface area contributed by atoms with E-state index in [9.17, 15) is 0 Å². The highest BCUT2D eigenvalue weighted by molar-refractivity contribution is 5.27. The van der Waals surface area contributed by atoms with Crippen molar-refractivity contribution in [3.8, 4) is 5.75 Å². The molecule has 2 unspecified atom stereocenters. The van der Waals surface area contributed by atoms with E-state index in [0.29, 0.717) is 5.92 Å². The van der Waals surface area contributed by atoms with Gasteiger partial charge in [-0.25, -0.2) is 0 Å². The van der Waals surface area contributed by atoms with E-state index in [4.69, 9.17) is 10.5 Å². The maximum atomic E-state index is 5.86. The highest BCUT2D eigenvalue weighted by atomic mass is 16.5. The topological polar surface area (TPSA) is 38.5 Å². The number of hydrogen-bond acceptors (Lipinski definition) is 3. The summed E-state index contributed by atoms with van der Waals surface area (Å²) in [6.45, 7) is 9.20. The zero-order chi connectivity index (χ0) is 13.7. The van der Waals surface area contributed by atoms with E-state index >= 15 is 0 Å². The van der Waals surface area contributed by atoms with Crippen LogP contribution in [0.4, 0.5) is 0 Å². The van der Waals surface area contributed by atoms with E-state index in [2.05, 4.69) is 36.1 Å². The molecule has 1 aromatic carbocycles. The van der Waals surface area contributed by atoms with Crippen LogP contribution in [0.15, 0.2) is 24.3 Å². The molecule has 1 aliphatic rings. The number of ether oxygens (including phenoxy) is 1. The van der Waals surface area contributed by atoms with Crippen LogP contribution in [0, 0.1) is 11.8 Å². The molecular formula is C16H26N2O. The molecule has 0 aromatic heterocycles. The van der Waals surface area contributed by atoms with Gasteiger partial charge in [-0.05, 0) is 56.0 Å². The zero-order valence-corrected chi connectivity index (χ0v) is 12.1. The molecular weight excluding hydrogens is 236 g/mol. The molecule has 2 rings (SSSR count). The molecule has 1 saturated heterocycles. The van der Waals surface area contributed by atoms with Crippen LogP contribution in [0.1, 0.15) is 25.8 Å². The second kappa shape index (κ2) is 6.92. The maximum Gasteiger partial charge on any atom is 0.119 e. The van der Waals surface area contributed by atoms with Crippen LogP contribution in [0.5, 0.6) is 5.75 Å². The fourth-order valence-corrected chi connectivity index (χ4v) is 2.79. The summed E-state index contributed by atoms with van der Waals surface area (Å²) in [6.07, 6.45) is 1.26. The number of hydrogen-bond donors (Lipinski definition) is 1. The van der Waals surface area contributed by atoms with E-state index in [-0.39, 0.29) is 0 Å². The first-order valence-corrected chi connectivity index (χ1v) is 7.37. The predicted molar refractivity (Wildman–Crippen MR) is 79.2 cm³/mol. The Bertz CT molecular complexity index is 377. The van der Waals surface area contributed by atoms with Gasteiger partial charge in [-0.15, -0.1) is 0 Å². The lowest BCUT2D eigenvalue weighted by atomic mass is 9.87. The number of piperidine rings is 1. The van der Waals surface area contributed by atoms with Gasteiger partial charge in [0.05, 0.1) is 6.61 Å².